The van der Waals surface area contributed by atoms with Crippen LogP contribution >= 0.6 is 0 Å². The number of rotatable bonds is 7. The second kappa shape index (κ2) is 5.59. The number of allylic oxidation sites excluding steroid dienone is 1. The normalized spacial score (nSPS) is 15.4. The molecular formula is C9H6F10O3. The standard InChI is InChI=1S/C9H6F10O3/c1-5(10,11)8(16,17)22-9(18,19)7(14,15)6(12,13)3-2-4(20)21/h2-3H,1H3,(H,20,21). The van der Waals surface area contributed by atoms with Crippen molar-refractivity contribution in [2.45, 2.75) is 36.9 Å². The van der Waals surface area contributed by atoms with Gasteiger partial charge >= 0.3 is 36.0 Å². The summed E-state index contributed by atoms with van der Waals surface area (Å²) < 4.78 is 129. The zero-order valence-corrected chi connectivity index (χ0v) is 10.2. The third kappa shape index (κ3) is 4.01. The van der Waals surface area contributed by atoms with Gasteiger partial charge in [-0.2, -0.15) is 43.9 Å². The molecule has 0 fully saturated rings. The monoisotopic (exact) mass is 352 g/mol. The van der Waals surface area contributed by atoms with E-state index in [9.17, 15) is 48.7 Å². The maximum Gasteiger partial charge on any atom is 0.430 e. The number of halogens is 10. The Morgan fingerprint density at radius 3 is 1.64 bits per heavy atom. The van der Waals surface area contributed by atoms with Crippen molar-refractivity contribution in [3.05, 3.63) is 12.2 Å². The Morgan fingerprint density at radius 1 is 0.909 bits per heavy atom. The van der Waals surface area contributed by atoms with E-state index in [0.717, 1.165) is 0 Å². The molecule has 0 aliphatic rings. The third-order valence-electron chi connectivity index (χ3n) is 1.99. The zero-order chi connectivity index (χ0) is 18.2. The lowest BCUT2D eigenvalue weighted by molar-refractivity contribution is -0.480. The summed E-state index contributed by atoms with van der Waals surface area (Å²) in [6.07, 6.45) is -14.8. The number of ether oxygens (including phenoxy) is 1. The molecule has 0 unspecified atom stereocenters. The van der Waals surface area contributed by atoms with Gasteiger partial charge in [0.2, 0.25) is 0 Å². The van der Waals surface area contributed by atoms with Crippen LogP contribution in [0.5, 0.6) is 0 Å². The molecule has 1 N–H and O–H groups in total. The van der Waals surface area contributed by atoms with Crippen molar-refractivity contribution in [1.82, 2.24) is 0 Å². The highest BCUT2D eigenvalue weighted by atomic mass is 19.4. The Kier molecular flexibility index (Phi) is 5.20. The van der Waals surface area contributed by atoms with Crippen LogP contribution in [0.4, 0.5) is 43.9 Å². The van der Waals surface area contributed by atoms with E-state index in [2.05, 4.69) is 0 Å². The molecule has 0 aromatic carbocycles. The number of hydrogen-bond acceptors (Lipinski definition) is 2. The molecule has 0 aliphatic carbocycles. The molecular weight excluding hydrogens is 346 g/mol. The lowest BCUT2D eigenvalue weighted by Crippen LogP contribution is -2.58. The van der Waals surface area contributed by atoms with Gasteiger partial charge in [-0.25, -0.2) is 9.53 Å². The topological polar surface area (TPSA) is 46.5 Å². The van der Waals surface area contributed by atoms with Crippen molar-refractivity contribution in [3.8, 4) is 0 Å². The Balaban J connectivity index is 5.63. The van der Waals surface area contributed by atoms with E-state index in [1.807, 2.05) is 4.74 Å². The SMILES string of the molecule is CC(F)(F)C(F)(F)OC(F)(F)C(F)(F)C(F)(F)C=CC(=O)O. The number of hydrogen-bond donors (Lipinski definition) is 1. The summed E-state index contributed by atoms with van der Waals surface area (Å²) in [5.74, 6) is -20.4. The molecule has 0 saturated heterocycles. The lowest BCUT2D eigenvalue weighted by Gasteiger charge is -2.34. The summed E-state index contributed by atoms with van der Waals surface area (Å²) in [5.41, 5.74) is 0. The number of carbonyl (C=O) groups is 1. The molecule has 3 nitrogen and oxygen atoms in total. The van der Waals surface area contributed by atoms with Crippen LogP contribution < -0.4 is 0 Å². The first-order valence-electron chi connectivity index (χ1n) is 4.89. The number of alkyl halides is 10. The Morgan fingerprint density at radius 2 is 1.32 bits per heavy atom. The predicted molar refractivity (Wildman–Crippen MR) is 48.3 cm³/mol. The quantitative estimate of drug-likeness (QED) is 0.561. The van der Waals surface area contributed by atoms with Crippen LogP contribution in [0, 0.1) is 0 Å². The molecule has 13 heteroatoms. The van der Waals surface area contributed by atoms with Crippen LogP contribution in [0.2, 0.25) is 0 Å². The van der Waals surface area contributed by atoms with Gasteiger partial charge in [0.15, 0.2) is 0 Å². The van der Waals surface area contributed by atoms with Crippen LogP contribution in [0.25, 0.3) is 0 Å². The van der Waals surface area contributed by atoms with E-state index in [0.29, 0.717) is 0 Å². The van der Waals surface area contributed by atoms with E-state index in [1.165, 1.54) is 0 Å². The molecule has 0 amide bonds. The van der Waals surface area contributed by atoms with Gasteiger partial charge in [-0.3, -0.25) is 0 Å². The van der Waals surface area contributed by atoms with Crippen molar-refractivity contribution >= 4 is 5.97 Å². The predicted octanol–water partition coefficient (Wildman–Crippen LogP) is 3.76. The van der Waals surface area contributed by atoms with E-state index < -0.39 is 55.0 Å². The Labute approximate surface area is 115 Å². The molecule has 0 aromatic rings. The minimum Gasteiger partial charge on any atom is -0.478 e. The maximum absolute atomic E-state index is 12.9. The summed E-state index contributed by atoms with van der Waals surface area (Å²) in [6.45, 7) is -0.677. The van der Waals surface area contributed by atoms with Gasteiger partial charge in [-0.15, -0.1) is 0 Å². The van der Waals surface area contributed by atoms with Crippen molar-refractivity contribution in [3.63, 3.8) is 0 Å². The average Bonchev–Trinajstić information content (AvgIpc) is 2.22. The highest BCUT2D eigenvalue weighted by Crippen LogP contribution is 2.50. The number of carboxylic acid groups (broad SMARTS) is 1. The molecule has 0 aliphatic heterocycles. The van der Waals surface area contributed by atoms with Crippen molar-refractivity contribution in [2.24, 2.45) is 0 Å². The summed E-state index contributed by atoms with van der Waals surface area (Å²) in [7, 11) is 0. The molecule has 0 saturated carbocycles. The Bertz CT molecular complexity index is 451. The molecule has 130 valence electrons. The average molecular weight is 352 g/mol. The molecule has 0 bridgehead atoms. The minimum atomic E-state index is -6.75. The summed E-state index contributed by atoms with van der Waals surface area (Å²) in [5, 5.41) is 7.94. The second-order valence-corrected chi connectivity index (χ2v) is 3.89. The summed E-state index contributed by atoms with van der Waals surface area (Å²) in [6, 6.07) is 0. The van der Waals surface area contributed by atoms with Crippen molar-refractivity contribution < 1.29 is 58.5 Å². The molecule has 0 rings (SSSR count). The van der Waals surface area contributed by atoms with Crippen LogP contribution in [0.15, 0.2) is 12.2 Å². The van der Waals surface area contributed by atoms with E-state index in [-0.39, 0.29) is 0 Å². The van der Waals surface area contributed by atoms with Gasteiger partial charge in [0.05, 0.1) is 0 Å². The number of aliphatic carboxylic acids is 1. The first kappa shape index (κ1) is 20.5. The maximum atomic E-state index is 12.9. The molecule has 0 heterocycles. The summed E-state index contributed by atoms with van der Waals surface area (Å²) in [4.78, 5) is 9.88. The minimum absolute atomic E-state index is 0.670. The van der Waals surface area contributed by atoms with E-state index >= 15 is 0 Å². The molecule has 0 spiro atoms. The largest absolute Gasteiger partial charge is 0.478 e. The number of carboxylic acids is 1. The molecule has 0 atom stereocenters. The zero-order valence-electron chi connectivity index (χ0n) is 10.2. The van der Waals surface area contributed by atoms with Crippen LogP contribution in [0.3, 0.4) is 0 Å². The Hall–Kier alpha value is -1.53. The van der Waals surface area contributed by atoms with Gasteiger partial charge in [-0.1, -0.05) is 0 Å². The van der Waals surface area contributed by atoms with E-state index in [1.54, 1.807) is 0 Å². The van der Waals surface area contributed by atoms with Gasteiger partial charge < -0.3 is 5.11 Å². The first-order valence-corrected chi connectivity index (χ1v) is 4.89. The van der Waals surface area contributed by atoms with Gasteiger partial charge in [0, 0.05) is 13.0 Å². The van der Waals surface area contributed by atoms with Crippen molar-refractivity contribution in [2.75, 3.05) is 0 Å². The van der Waals surface area contributed by atoms with Gasteiger partial charge in [-0.05, 0) is 6.08 Å². The highest BCUT2D eigenvalue weighted by Gasteiger charge is 2.76. The highest BCUT2D eigenvalue weighted by molar-refractivity contribution is 5.79. The molecule has 22 heavy (non-hydrogen) atoms. The molecule has 0 aromatic heterocycles. The van der Waals surface area contributed by atoms with Gasteiger partial charge in [0.1, 0.15) is 0 Å². The fraction of sp³-hybridized carbons (Fsp3) is 0.667. The van der Waals surface area contributed by atoms with Crippen LogP contribution in [-0.4, -0.2) is 41.1 Å². The van der Waals surface area contributed by atoms with E-state index in [4.69, 9.17) is 5.11 Å². The first-order chi connectivity index (χ1) is 9.37. The summed E-state index contributed by atoms with van der Waals surface area (Å²) >= 11 is 0. The van der Waals surface area contributed by atoms with Gasteiger partial charge in [0.25, 0.3) is 0 Å². The van der Waals surface area contributed by atoms with Crippen molar-refractivity contribution in [1.29, 1.82) is 0 Å². The van der Waals surface area contributed by atoms with Crippen LogP contribution in [-0.2, 0) is 9.53 Å². The van der Waals surface area contributed by atoms with Crippen LogP contribution in [0.1, 0.15) is 6.92 Å². The third-order valence-corrected chi connectivity index (χ3v) is 1.99. The smallest absolute Gasteiger partial charge is 0.430 e. The fourth-order valence-corrected chi connectivity index (χ4v) is 0.789. The lowest BCUT2D eigenvalue weighted by atomic mass is 10.1. The fourth-order valence-electron chi connectivity index (χ4n) is 0.789. The second-order valence-electron chi connectivity index (χ2n) is 3.89. The molecule has 0 radical (unpaired) electrons.